The van der Waals surface area contributed by atoms with Gasteiger partial charge in [-0.3, -0.25) is 6.58 Å². The molecule has 0 spiro atoms. The second-order valence-electron chi connectivity index (χ2n) is 6.27. The minimum absolute atomic E-state index is 0. The van der Waals surface area contributed by atoms with E-state index in [4.69, 9.17) is 4.74 Å². The van der Waals surface area contributed by atoms with Crippen molar-refractivity contribution in [3.8, 4) is 0 Å². The minimum Gasteiger partial charge on any atom is -0.501 e. The molecule has 0 N–H and O–H groups in total. The van der Waals surface area contributed by atoms with E-state index in [0.717, 1.165) is 18.8 Å². The average Bonchev–Trinajstić information content (AvgIpc) is 2.74. The fraction of sp³-hybridized carbons (Fsp3) is 0.778. The van der Waals surface area contributed by atoms with Crippen molar-refractivity contribution in [2.75, 3.05) is 0 Å². The monoisotopic (exact) mass is 352 g/mol. The molecule has 0 amide bonds. The molecular formula is C18H31OY-. The maximum absolute atomic E-state index is 6.13. The Labute approximate surface area is 151 Å². The molecule has 0 aromatic heterocycles. The first-order valence-corrected chi connectivity index (χ1v) is 7.92. The Kier molecular flexibility index (Phi) is 11.5. The quantitative estimate of drug-likeness (QED) is 0.403. The molecule has 1 heterocycles. The minimum atomic E-state index is 0. The molecule has 0 aromatic carbocycles. The van der Waals surface area contributed by atoms with Crippen LogP contribution in [0.15, 0.2) is 18.7 Å². The SMILES string of the molecule is C=[C-][C@H](C)C[C@H](C)CCC1O[C@@H](CCCC)CC1=C.[Y]. The van der Waals surface area contributed by atoms with Gasteiger partial charge in [-0.15, -0.1) is 0 Å². The van der Waals surface area contributed by atoms with Gasteiger partial charge in [-0.05, 0) is 37.2 Å². The van der Waals surface area contributed by atoms with Crippen LogP contribution < -0.4 is 0 Å². The molecule has 4 atom stereocenters. The van der Waals surface area contributed by atoms with Crippen LogP contribution in [0, 0.1) is 17.9 Å². The van der Waals surface area contributed by atoms with E-state index in [1.54, 1.807) is 0 Å². The van der Waals surface area contributed by atoms with Gasteiger partial charge in [0.1, 0.15) is 0 Å². The molecule has 2 heteroatoms. The van der Waals surface area contributed by atoms with Crippen molar-refractivity contribution in [1.29, 1.82) is 0 Å². The van der Waals surface area contributed by atoms with E-state index >= 15 is 0 Å². The van der Waals surface area contributed by atoms with E-state index in [-0.39, 0.29) is 32.7 Å². The second kappa shape index (κ2) is 11.2. The van der Waals surface area contributed by atoms with Crippen LogP contribution in [-0.2, 0) is 37.4 Å². The summed E-state index contributed by atoms with van der Waals surface area (Å²) in [5.41, 5.74) is 1.32. The fourth-order valence-electron chi connectivity index (χ4n) is 2.92. The van der Waals surface area contributed by atoms with Gasteiger partial charge in [-0.2, -0.15) is 5.92 Å². The van der Waals surface area contributed by atoms with E-state index < -0.39 is 0 Å². The summed E-state index contributed by atoms with van der Waals surface area (Å²) < 4.78 is 6.13. The molecule has 0 bridgehead atoms. The first-order valence-electron chi connectivity index (χ1n) is 7.92. The number of unbranched alkanes of at least 4 members (excludes halogenated alkanes) is 1. The third kappa shape index (κ3) is 7.52. The summed E-state index contributed by atoms with van der Waals surface area (Å²) in [6, 6.07) is 0. The fourth-order valence-corrected chi connectivity index (χ4v) is 2.92. The van der Waals surface area contributed by atoms with Gasteiger partial charge in [0.25, 0.3) is 0 Å². The van der Waals surface area contributed by atoms with E-state index in [1.165, 1.54) is 37.7 Å². The van der Waals surface area contributed by atoms with E-state index in [0.29, 0.717) is 18.1 Å². The van der Waals surface area contributed by atoms with Crippen molar-refractivity contribution < 1.29 is 37.4 Å². The summed E-state index contributed by atoms with van der Waals surface area (Å²) in [6.45, 7) is 14.7. The van der Waals surface area contributed by atoms with Gasteiger partial charge >= 0.3 is 0 Å². The first-order chi connectivity index (χ1) is 9.06. The van der Waals surface area contributed by atoms with Crippen molar-refractivity contribution >= 4 is 0 Å². The maximum Gasteiger partial charge on any atom is 0.0787 e. The van der Waals surface area contributed by atoms with E-state index in [9.17, 15) is 0 Å². The van der Waals surface area contributed by atoms with Gasteiger partial charge in [0.2, 0.25) is 0 Å². The largest absolute Gasteiger partial charge is 0.501 e. The molecule has 1 radical (unpaired) electrons. The topological polar surface area (TPSA) is 9.23 Å². The molecule has 113 valence electrons. The Morgan fingerprint density at radius 3 is 2.65 bits per heavy atom. The van der Waals surface area contributed by atoms with Crippen LogP contribution in [0.3, 0.4) is 0 Å². The van der Waals surface area contributed by atoms with E-state index in [2.05, 4.69) is 40.0 Å². The molecule has 1 aliphatic rings. The number of ether oxygens (including phenoxy) is 1. The van der Waals surface area contributed by atoms with Crippen molar-refractivity contribution in [2.45, 2.75) is 77.9 Å². The summed E-state index contributed by atoms with van der Waals surface area (Å²) in [5.74, 6) is 1.22. The molecule has 1 unspecified atom stereocenters. The molecule has 1 saturated heterocycles. The summed E-state index contributed by atoms with van der Waals surface area (Å²) >= 11 is 0. The number of hydrogen-bond acceptors (Lipinski definition) is 1. The molecule has 1 nitrogen and oxygen atoms in total. The molecule has 1 rings (SSSR count). The van der Waals surface area contributed by atoms with Gasteiger partial charge in [-0.1, -0.05) is 46.6 Å². The average molecular weight is 352 g/mol. The Hall–Kier alpha value is 0.544. The zero-order chi connectivity index (χ0) is 14.3. The molecule has 20 heavy (non-hydrogen) atoms. The summed E-state index contributed by atoms with van der Waals surface area (Å²) in [7, 11) is 0. The van der Waals surface area contributed by atoms with Gasteiger partial charge in [0, 0.05) is 32.7 Å². The smallest absolute Gasteiger partial charge is 0.0787 e. The Bertz CT molecular complexity index is 287. The normalized spacial score (nSPS) is 25.1. The number of rotatable bonds is 9. The predicted molar refractivity (Wildman–Crippen MR) is 83.0 cm³/mol. The predicted octanol–water partition coefficient (Wildman–Crippen LogP) is 5.32. The van der Waals surface area contributed by atoms with Gasteiger partial charge in [-0.25, -0.2) is 0 Å². The summed E-state index contributed by atoms with van der Waals surface area (Å²) in [6.07, 6.45) is 12.2. The molecular weight excluding hydrogens is 321 g/mol. The van der Waals surface area contributed by atoms with Crippen LogP contribution in [0.4, 0.5) is 0 Å². The second-order valence-corrected chi connectivity index (χ2v) is 6.27. The van der Waals surface area contributed by atoms with Gasteiger partial charge < -0.3 is 10.8 Å². The van der Waals surface area contributed by atoms with Gasteiger partial charge in [0.05, 0.1) is 12.2 Å². The maximum atomic E-state index is 6.13. The zero-order valence-electron chi connectivity index (χ0n) is 13.7. The Morgan fingerprint density at radius 1 is 1.35 bits per heavy atom. The Balaban J connectivity index is 0.00000361. The number of allylic oxidation sites excluding steroid dienone is 1. The summed E-state index contributed by atoms with van der Waals surface area (Å²) in [5, 5.41) is 0. The Morgan fingerprint density at radius 2 is 2.05 bits per heavy atom. The standard InChI is InChI=1S/C18H31O.Y/c1-6-8-9-17-13-16(5)18(19-17)11-10-15(4)12-14(3)7-2;/h14-15,17-18H,2,5-6,8-13H2,1,3-4H3;/q-1;/t14-,15+,17-,18?;/m0./s1. The van der Waals surface area contributed by atoms with Crippen LogP contribution in [0.5, 0.6) is 0 Å². The zero-order valence-corrected chi connectivity index (χ0v) is 16.5. The van der Waals surface area contributed by atoms with Crippen molar-refractivity contribution in [3.63, 3.8) is 0 Å². The third-order valence-electron chi connectivity index (χ3n) is 4.21. The van der Waals surface area contributed by atoms with Crippen LogP contribution >= 0.6 is 0 Å². The first kappa shape index (κ1) is 20.5. The third-order valence-corrected chi connectivity index (χ3v) is 4.21. The van der Waals surface area contributed by atoms with Gasteiger partial charge in [0.15, 0.2) is 0 Å². The van der Waals surface area contributed by atoms with Crippen molar-refractivity contribution in [1.82, 2.24) is 0 Å². The van der Waals surface area contributed by atoms with Crippen molar-refractivity contribution in [2.24, 2.45) is 11.8 Å². The van der Waals surface area contributed by atoms with Crippen LogP contribution in [-0.4, -0.2) is 12.2 Å². The molecule has 0 saturated carbocycles. The molecule has 1 aliphatic heterocycles. The van der Waals surface area contributed by atoms with Crippen LogP contribution in [0.1, 0.15) is 65.7 Å². The van der Waals surface area contributed by atoms with Crippen LogP contribution in [0.2, 0.25) is 0 Å². The summed E-state index contributed by atoms with van der Waals surface area (Å²) in [4.78, 5) is 0. The molecule has 0 aliphatic carbocycles. The molecule has 0 aromatic rings. The van der Waals surface area contributed by atoms with Crippen molar-refractivity contribution in [3.05, 3.63) is 24.8 Å². The molecule has 1 fully saturated rings. The number of hydrogen-bond donors (Lipinski definition) is 0. The van der Waals surface area contributed by atoms with E-state index in [1.807, 2.05) is 0 Å². The van der Waals surface area contributed by atoms with Crippen LogP contribution in [0.25, 0.3) is 0 Å².